The van der Waals surface area contributed by atoms with Crippen LogP contribution in [0.15, 0.2) is 70.0 Å². The van der Waals surface area contributed by atoms with Crippen LogP contribution in [0.1, 0.15) is 21.7 Å². The molecule has 0 atom stereocenters. The van der Waals surface area contributed by atoms with Crippen molar-refractivity contribution in [3.63, 3.8) is 0 Å². The number of hydrogen-bond donors (Lipinski definition) is 1. The van der Waals surface area contributed by atoms with Crippen LogP contribution in [0.3, 0.4) is 0 Å². The molecule has 0 spiro atoms. The molecule has 1 aliphatic rings. The van der Waals surface area contributed by atoms with E-state index in [-0.39, 0.29) is 22.7 Å². The Kier molecular flexibility index (Phi) is 5.61. The molecule has 1 aromatic heterocycles. The molecule has 32 heavy (non-hydrogen) atoms. The highest BCUT2D eigenvalue weighted by molar-refractivity contribution is 8.18. The number of carbonyl (C=O) groups is 3. The van der Waals surface area contributed by atoms with Gasteiger partial charge in [-0.05, 0) is 41.6 Å². The summed E-state index contributed by atoms with van der Waals surface area (Å²) in [6.07, 6.45) is 1.45. The van der Waals surface area contributed by atoms with E-state index in [9.17, 15) is 24.5 Å². The second-order valence-electron chi connectivity index (χ2n) is 6.78. The molecule has 0 unspecified atom stereocenters. The molecule has 3 aromatic rings. The van der Waals surface area contributed by atoms with Gasteiger partial charge in [0.25, 0.3) is 16.8 Å². The normalized spacial score (nSPS) is 14.9. The first-order valence-corrected chi connectivity index (χ1v) is 10.1. The quantitative estimate of drug-likeness (QED) is 0.322. The third-order valence-electron chi connectivity index (χ3n) is 4.66. The van der Waals surface area contributed by atoms with Crippen molar-refractivity contribution in [3.05, 3.63) is 92.6 Å². The molecule has 1 N–H and O–H groups in total. The molecule has 0 saturated carbocycles. The monoisotopic (exact) mass is 450 g/mol. The number of amides is 2. The zero-order valence-corrected chi connectivity index (χ0v) is 17.1. The average Bonchev–Trinajstić information content (AvgIpc) is 3.34. The maximum Gasteiger partial charge on any atom is 0.335 e. The van der Waals surface area contributed by atoms with Gasteiger partial charge >= 0.3 is 5.97 Å². The van der Waals surface area contributed by atoms with E-state index in [0.29, 0.717) is 22.6 Å². The Bertz CT molecular complexity index is 1280. The van der Waals surface area contributed by atoms with Crippen molar-refractivity contribution in [1.29, 1.82) is 0 Å². The first-order chi connectivity index (χ1) is 15.3. The van der Waals surface area contributed by atoms with Gasteiger partial charge in [-0.15, -0.1) is 0 Å². The number of carboxylic acid groups (broad SMARTS) is 1. The fraction of sp³-hybridized carbons (Fsp3) is 0.0455. The van der Waals surface area contributed by atoms with Gasteiger partial charge in [0.1, 0.15) is 11.5 Å². The molecule has 0 aliphatic carbocycles. The lowest BCUT2D eigenvalue weighted by Crippen LogP contribution is -2.27. The minimum absolute atomic E-state index is 0.00855. The molecule has 0 bridgehead atoms. The number of furan rings is 1. The van der Waals surface area contributed by atoms with Gasteiger partial charge in [-0.1, -0.05) is 24.3 Å². The Labute approximate surface area is 185 Å². The summed E-state index contributed by atoms with van der Waals surface area (Å²) in [5, 5.41) is 19.4. The lowest BCUT2D eigenvalue weighted by Gasteiger charge is -2.12. The summed E-state index contributed by atoms with van der Waals surface area (Å²) in [6, 6.07) is 15.1. The first kappa shape index (κ1) is 21.1. The molecule has 2 heterocycles. The Hall–Kier alpha value is -4.18. The van der Waals surface area contributed by atoms with Crippen molar-refractivity contribution in [2.75, 3.05) is 0 Å². The second kappa shape index (κ2) is 8.52. The molecule has 2 amide bonds. The first-order valence-electron chi connectivity index (χ1n) is 9.24. The number of thioether (sulfide) groups is 1. The zero-order valence-electron chi connectivity index (χ0n) is 16.3. The van der Waals surface area contributed by atoms with Crippen LogP contribution < -0.4 is 0 Å². The third-order valence-corrected chi connectivity index (χ3v) is 5.56. The smallest absolute Gasteiger partial charge is 0.335 e. The zero-order chi connectivity index (χ0) is 22.8. The highest BCUT2D eigenvalue weighted by Gasteiger charge is 2.35. The summed E-state index contributed by atoms with van der Waals surface area (Å²) in [4.78, 5) is 47.6. The summed E-state index contributed by atoms with van der Waals surface area (Å²) >= 11 is 0.768. The molecule has 2 aromatic carbocycles. The second-order valence-corrected chi connectivity index (χ2v) is 7.77. The Morgan fingerprint density at radius 1 is 1.12 bits per heavy atom. The van der Waals surface area contributed by atoms with Crippen molar-refractivity contribution in [3.8, 4) is 11.3 Å². The number of carboxylic acids is 1. The van der Waals surface area contributed by atoms with E-state index in [1.54, 1.807) is 24.3 Å². The predicted molar refractivity (Wildman–Crippen MR) is 116 cm³/mol. The molecule has 9 nitrogen and oxygen atoms in total. The molecule has 10 heteroatoms. The maximum absolute atomic E-state index is 12.7. The third kappa shape index (κ3) is 4.30. The minimum atomic E-state index is -1.06. The summed E-state index contributed by atoms with van der Waals surface area (Å²) < 4.78 is 5.71. The van der Waals surface area contributed by atoms with Crippen LogP contribution in [-0.4, -0.2) is 32.0 Å². The van der Waals surface area contributed by atoms with E-state index in [2.05, 4.69) is 0 Å². The number of benzene rings is 2. The molecular weight excluding hydrogens is 436 g/mol. The Morgan fingerprint density at radius 3 is 2.56 bits per heavy atom. The number of non-ortho nitro benzene ring substituents is 1. The summed E-state index contributed by atoms with van der Waals surface area (Å²) in [5.41, 5.74) is 1.19. The largest absolute Gasteiger partial charge is 0.478 e. The van der Waals surface area contributed by atoms with Crippen LogP contribution in [-0.2, 0) is 11.3 Å². The van der Waals surface area contributed by atoms with Crippen LogP contribution >= 0.6 is 11.8 Å². The van der Waals surface area contributed by atoms with Crippen molar-refractivity contribution < 1.29 is 28.8 Å². The number of carbonyl (C=O) groups excluding carboxylic acids is 2. The fourth-order valence-electron chi connectivity index (χ4n) is 3.06. The molecule has 1 saturated heterocycles. The summed E-state index contributed by atoms with van der Waals surface area (Å²) in [5.74, 6) is -0.796. The van der Waals surface area contributed by atoms with E-state index >= 15 is 0 Å². The van der Waals surface area contributed by atoms with Crippen molar-refractivity contribution in [1.82, 2.24) is 4.90 Å². The molecule has 0 radical (unpaired) electrons. The highest BCUT2D eigenvalue weighted by atomic mass is 32.2. The predicted octanol–water partition coefficient (Wildman–Crippen LogP) is 4.79. The van der Waals surface area contributed by atoms with Crippen molar-refractivity contribution in [2.24, 2.45) is 0 Å². The van der Waals surface area contributed by atoms with E-state index in [1.165, 1.54) is 42.5 Å². The van der Waals surface area contributed by atoms with Crippen LogP contribution in [0.5, 0.6) is 0 Å². The van der Waals surface area contributed by atoms with Gasteiger partial charge in [0.2, 0.25) is 0 Å². The fourth-order valence-corrected chi connectivity index (χ4v) is 3.88. The molecular formula is C22H14N2O7S. The van der Waals surface area contributed by atoms with Crippen LogP contribution in [0, 0.1) is 10.1 Å². The Morgan fingerprint density at radius 2 is 1.88 bits per heavy atom. The van der Waals surface area contributed by atoms with Gasteiger partial charge in [-0.2, -0.15) is 0 Å². The maximum atomic E-state index is 12.7. The molecule has 1 aliphatic heterocycles. The average molecular weight is 450 g/mol. The topological polar surface area (TPSA) is 131 Å². The number of rotatable bonds is 6. The molecule has 1 fully saturated rings. The Balaban J connectivity index is 1.51. The van der Waals surface area contributed by atoms with Crippen LogP contribution in [0.25, 0.3) is 17.4 Å². The lowest BCUT2D eigenvalue weighted by molar-refractivity contribution is -0.384. The van der Waals surface area contributed by atoms with Crippen molar-refractivity contribution in [2.45, 2.75) is 6.54 Å². The number of nitrogens with zero attached hydrogens (tertiary/aromatic N) is 2. The highest BCUT2D eigenvalue weighted by Crippen LogP contribution is 2.34. The minimum Gasteiger partial charge on any atom is -0.478 e. The van der Waals surface area contributed by atoms with Gasteiger partial charge in [-0.3, -0.25) is 24.6 Å². The number of aromatic carboxylic acids is 1. The number of nitro groups is 1. The molecule has 4 rings (SSSR count). The number of hydrogen-bond acceptors (Lipinski definition) is 7. The number of nitro benzene ring substituents is 1. The van der Waals surface area contributed by atoms with E-state index in [0.717, 1.165) is 16.7 Å². The SMILES string of the molecule is O=C(O)c1cccc(-c2ccc(/C=C3/SC(=O)N(Cc4ccc([N+](=O)[O-])cc4)C3=O)o2)c1. The van der Waals surface area contributed by atoms with Gasteiger partial charge in [0.05, 0.1) is 21.9 Å². The number of imide groups is 1. The van der Waals surface area contributed by atoms with Gasteiger partial charge < -0.3 is 9.52 Å². The van der Waals surface area contributed by atoms with Crippen molar-refractivity contribution >= 4 is 40.6 Å². The van der Waals surface area contributed by atoms with E-state index in [1.807, 2.05) is 0 Å². The van der Waals surface area contributed by atoms with Crippen LogP contribution in [0.4, 0.5) is 10.5 Å². The van der Waals surface area contributed by atoms with E-state index in [4.69, 9.17) is 9.52 Å². The molecule has 160 valence electrons. The standard InChI is InChI=1S/C22H14N2O7S/c25-20-19(32-22(28)23(20)12-13-4-6-16(7-5-13)24(29)30)11-17-8-9-18(31-17)14-2-1-3-15(10-14)21(26)27/h1-11H,12H2,(H,26,27)/b19-11+. The lowest BCUT2D eigenvalue weighted by atomic mass is 10.1. The van der Waals surface area contributed by atoms with Gasteiger partial charge in [0, 0.05) is 23.8 Å². The van der Waals surface area contributed by atoms with Gasteiger partial charge in [0.15, 0.2) is 0 Å². The summed E-state index contributed by atoms with van der Waals surface area (Å²) in [6.45, 7) is -0.00855. The summed E-state index contributed by atoms with van der Waals surface area (Å²) in [7, 11) is 0. The van der Waals surface area contributed by atoms with Crippen LogP contribution in [0.2, 0.25) is 0 Å². The van der Waals surface area contributed by atoms with E-state index < -0.39 is 22.0 Å². The van der Waals surface area contributed by atoms with Gasteiger partial charge in [-0.25, -0.2) is 4.79 Å².